The van der Waals surface area contributed by atoms with Gasteiger partial charge in [-0.1, -0.05) is 24.3 Å². The van der Waals surface area contributed by atoms with Crippen molar-refractivity contribution >= 4 is 49.4 Å². The summed E-state index contributed by atoms with van der Waals surface area (Å²) in [6.07, 6.45) is 0. The first-order chi connectivity index (χ1) is 16.1. The van der Waals surface area contributed by atoms with Crippen molar-refractivity contribution < 1.29 is 18.7 Å². The van der Waals surface area contributed by atoms with Gasteiger partial charge in [0.05, 0.1) is 24.3 Å². The third-order valence-electron chi connectivity index (χ3n) is 5.36. The van der Waals surface area contributed by atoms with Gasteiger partial charge in [-0.3, -0.25) is 4.79 Å². The number of benzene rings is 4. The maximum Gasteiger partial charge on any atom is 0.259 e. The van der Waals surface area contributed by atoms with Crippen LogP contribution in [0.4, 0.5) is 5.69 Å². The van der Waals surface area contributed by atoms with Crippen molar-refractivity contribution in [1.29, 1.82) is 0 Å². The Morgan fingerprint density at radius 2 is 1.67 bits per heavy atom. The van der Waals surface area contributed by atoms with Crippen LogP contribution in [0.1, 0.15) is 10.4 Å². The topological polar surface area (TPSA) is 73.6 Å². The molecule has 0 aliphatic heterocycles. The molecular formula is C26H19BrN2O4. The van der Waals surface area contributed by atoms with Gasteiger partial charge in [0.25, 0.3) is 5.91 Å². The van der Waals surface area contributed by atoms with E-state index in [9.17, 15) is 4.79 Å². The largest absolute Gasteiger partial charge is 0.496 e. The first-order valence-corrected chi connectivity index (χ1v) is 11.0. The number of rotatable bonds is 5. The Kier molecular flexibility index (Phi) is 5.48. The number of hydrogen-bond acceptors (Lipinski definition) is 5. The van der Waals surface area contributed by atoms with Gasteiger partial charge in [0.1, 0.15) is 17.0 Å². The molecule has 0 aliphatic rings. The third kappa shape index (κ3) is 4.03. The average molecular weight is 503 g/mol. The van der Waals surface area contributed by atoms with E-state index in [1.165, 1.54) is 0 Å². The lowest BCUT2D eigenvalue weighted by Crippen LogP contribution is -2.13. The number of aromatic nitrogens is 1. The number of halogens is 1. The van der Waals surface area contributed by atoms with E-state index in [0.717, 1.165) is 26.6 Å². The molecule has 0 bridgehead atoms. The molecule has 0 saturated carbocycles. The Bertz CT molecular complexity index is 1510. The maximum atomic E-state index is 13.0. The van der Waals surface area contributed by atoms with Gasteiger partial charge in [-0.05, 0) is 75.2 Å². The second-order valence-electron chi connectivity index (χ2n) is 7.40. The van der Waals surface area contributed by atoms with Crippen LogP contribution in [0.3, 0.4) is 0 Å². The molecule has 0 aliphatic carbocycles. The quantitative estimate of drug-likeness (QED) is 0.290. The molecule has 0 radical (unpaired) electrons. The second kappa shape index (κ2) is 8.60. The van der Waals surface area contributed by atoms with Gasteiger partial charge in [0.2, 0.25) is 5.89 Å². The molecule has 0 atom stereocenters. The third-order valence-corrected chi connectivity index (χ3v) is 5.98. The van der Waals surface area contributed by atoms with E-state index < -0.39 is 0 Å². The van der Waals surface area contributed by atoms with Crippen LogP contribution >= 0.6 is 15.9 Å². The fourth-order valence-corrected chi connectivity index (χ4v) is 4.23. The molecular weight excluding hydrogens is 484 g/mol. The molecule has 1 amide bonds. The number of oxazole rings is 1. The molecule has 4 aromatic carbocycles. The van der Waals surface area contributed by atoms with Crippen LogP contribution in [0.15, 0.2) is 81.7 Å². The van der Waals surface area contributed by atoms with Crippen molar-refractivity contribution in [3.8, 4) is 23.0 Å². The van der Waals surface area contributed by atoms with Gasteiger partial charge in [-0.2, -0.15) is 0 Å². The van der Waals surface area contributed by atoms with E-state index in [2.05, 4.69) is 26.2 Å². The smallest absolute Gasteiger partial charge is 0.259 e. The number of methoxy groups -OCH3 is 2. The van der Waals surface area contributed by atoms with Crippen molar-refractivity contribution in [2.75, 3.05) is 19.5 Å². The Labute approximate surface area is 198 Å². The molecule has 6 nitrogen and oxygen atoms in total. The van der Waals surface area contributed by atoms with Crippen LogP contribution in [0.2, 0.25) is 0 Å². The highest BCUT2D eigenvalue weighted by Crippen LogP contribution is 2.32. The second-order valence-corrected chi connectivity index (χ2v) is 8.26. The number of ether oxygens (including phenoxy) is 2. The molecule has 1 heterocycles. The summed E-state index contributed by atoms with van der Waals surface area (Å²) in [5, 5.41) is 4.91. The Morgan fingerprint density at radius 3 is 2.39 bits per heavy atom. The number of amides is 1. The molecule has 33 heavy (non-hydrogen) atoms. The normalized spacial score (nSPS) is 11.0. The predicted octanol–water partition coefficient (Wildman–Crippen LogP) is 6.68. The molecule has 7 heteroatoms. The molecule has 0 saturated heterocycles. The lowest BCUT2D eigenvalue weighted by atomic mass is 10.1. The molecule has 1 N–H and O–H groups in total. The van der Waals surface area contributed by atoms with E-state index in [1.807, 2.05) is 54.6 Å². The van der Waals surface area contributed by atoms with Crippen LogP contribution in [-0.2, 0) is 0 Å². The predicted molar refractivity (Wildman–Crippen MR) is 132 cm³/mol. The highest BCUT2D eigenvalue weighted by Gasteiger charge is 2.16. The fraction of sp³-hybridized carbons (Fsp3) is 0.0769. The molecule has 0 fully saturated rings. The molecule has 0 unspecified atom stereocenters. The van der Waals surface area contributed by atoms with E-state index in [-0.39, 0.29) is 5.91 Å². The van der Waals surface area contributed by atoms with Crippen LogP contribution in [0.25, 0.3) is 33.3 Å². The summed E-state index contributed by atoms with van der Waals surface area (Å²) in [7, 11) is 3.17. The fourth-order valence-electron chi connectivity index (χ4n) is 3.69. The zero-order valence-corrected chi connectivity index (χ0v) is 19.5. The Morgan fingerprint density at radius 1 is 0.909 bits per heavy atom. The lowest BCUT2D eigenvalue weighted by molar-refractivity contribution is 0.102. The number of carbonyl (C=O) groups is 1. The van der Waals surface area contributed by atoms with Gasteiger partial charge in [0, 0.05) is 11.3 Å². The minimum atomic E-state index is -0.264. The lowest BCUT2D eigenvalue weighted by Gasteiger charge is -2.11. The first-order valence-electron chi connectivity index (χ1n) is 10.2. The van der Waals surface area contributed by atoms with Gasteiger partial charge < -0.3 is 19.2 Å². The number of carbonyl (C=O) groups excluding carboxylic acids is 1. The molecule has 164 valence electrons. The first kappa shape index (κ1) is 21.0. The summed E-state index contributed by atoms with van der Waals surface area (Å²) >= 11 is 3.48. The van der Waals surface area contributed by atoms with Crippen molar-refractivity contribution in [3.63, 3.8) is 0 Å². The number of anilines is 1. The van der Waals surface area contributed by atoms with Crippen molar-refractivity contribution in [2.24, 2.45) is 0 Å². The summed E-state index contributed by atoms with van der Waals surface area (Å²) in [6.45, 7) is 0. The molecule has 1 aromatic heterocycles. The van der Waals surface area contributed by atoms with E-state index in [0.29, 0.717) is 34.0 Å². The minimum absolute atomic E-state index is 0.264. The number of fused-ring (bicyclic) bond motifs is 2. The van der Waals surface area contributed by atoms with Crippen molar-refractivity contribution in [1.82, 2.24) is 4.98 Å². The summed E-state index contributed by atoms with van der Waals surface area (Å²) in [5.41, 5.74) is 3.14. The standard InChI is InChI=1S/C26H19BrN2O4/c1-31-22-9-7-17(12-20(22)27)26-29-21-14-18(8-10-23(21)33-26)28-25(30)19-11-15-5-3-4-6-16(15)13-24(19)32-2/h3-14H,1-2H3,(H,28,30). The van der Waals surface area contributed by atoms with E-state index in [4.69, 9.17) is 13.9 Å². The summed E-state index contributed by atoms with van der Waals surface area (Å²) in [4.78, 5) is 17.6. The van der Waals surface area contributed by atoms with Crippen molar-refractivity contribution in [3.05, 3.63) is 82.8 Å². The minimum Gasteiger partial charge on any atom is -0.496 e. The Balaban J connectivity index is 1.44. The SMILES string of the molecule is COc1ccc(-c2nc3cc(NC(=O)c4cc5ccccc5cc4OC)ccc3o2)cc1Br. The van der Waals surface area contributed by atoms with Gasteiger partial charge in [-0.15, -0.1) is 0 Å². The zero-order chi connectivity index (χ0) is 22.9. The molecule has 5 rings (SSSR count). The van der Waals surface area contributed by atoms with Gasteiger partial charge in [-0.25, -0.2) is 4.98 Å². The number of nitrogens with one attached hydrogen (secondary N) is 1. The van der Waals surface area contributed by atoms with Crippen LogP contribution < -0.4 is 14.8 Å². The van der Waals surface area contributed by atoms with E-state index in [1.54, 1.807) is 32.4 Å². The Hall–Kier alpha value is -3.84. The maximum absolute atomic E-state index is 13.0. The van der Waals surface area contributed by atoms with Crippen molar-refractivity contribution in [2.45, 2.75) is 0 Å². The number of nitrogens with zero attached hydrogens (tertiary/aromatic N) is 1. The van der Waals surface area contributed by atoms with Crippen LogP contribution in [0, 0.1) is 0 Å². The van der Waals surface area contributed by atoms with Gasteiger partial charge >= 0.3 is 0 Å². The molecule has 5 aromatic rings. The summed E-state index contributed by atoms with van der Waals surface area (Å²) < 4.78 is 17.5. The van der Waals surface area contributed by atoms with Crippen LogP contribution in [-0.4, -0.2) is 25.1 Å². The highest BCUT2D eigenvalue weighted by atomic mass is 79.9. The number of hydrogen-bond donors (Lipinski definition) is 1. The summed E-state index contributed by atoms with van der Waals surface area (Å²) in [6, 6.07) is 22.5. The monoisotopic (exact) mass is 502 g/mol. The highest BCUT2D eigenvalue weighted by molar-refractivity contribution is 9.10. The van der Waals surface area contributed by atoms with Crippen LogP contribution in [0.5, 0.6) is 11.5 Å². The average Bonchev–Trinajstić information content (AvgIpc) is 3.26. The van der Waals surface area contributed by atoms with Gasteiger partial charge in [0.15, 0.2) is 5.58 Å². The summed E-state index contributed by atoms with van der Waals surface area (Å²) in [5.74, 6) is 1.46. The van der Waals surface area contributed by atoms with E-state index >= 15 is 0 Å². The molecule has 0 spiro atoms. The zero-order valence-electron chi connectivity index (χ0n) is 17.9.